The van der Waals surface area contributed by atoms with E-state index in [0.29, 0.717) is 5.56 Å². The van der Waals surface area contributed by atoms with Gasteiger partial charge in [-0.25, -0.2) is 4.79 Å². The Morgan fingerprint density at radius 1 is 0.800 bits per heavy atom. The SMILES string of the molecule is Br.COC(=O)c1cccc(P(c2ccccc2)c2ccccc2)c1C. The van der Waals surface area contributed by atoms with Crippen molar-refractivity contribution in [2.24, 2.45) is 0 Å². The zero-order chi connectivity index (χ0) is 16.9. The zero-order valence-corrected chi connectivity index (χ0v) is 16.8. The summed E-state index contributed by atoms with van der Waals surface area (Å²) >= 11 is 0. The maximum atomic E-state index is 12.1. The van der Waals surface area contributed by atoms with Gasteiger partial charge in [-0.3, -0.25) is 0 Å². The van der Waals surface area contributed by atoms with Crippen LogP contribution in [0.3, 0.4) is 0 Å². The van der Waals surface area contributed by atoms with Gasteiger partial charge in [0.15, 0.2) is 0 Å². The molecule has 0 amide bonds. The van der Waals surface area contributed by atoms with Crippen LogP contribution in [0, 0.1) is 6.92 Å². The van der Waals surface area contributed by atoms with Crippen LogP contribution in [-0.2, 0) is 4.74 Å². The molecule has 0 radical (unpaired) electrons. The Balaban J connectivity index is 0.00000225. The Morgan fingerprint density at radius 2 is 1.32 bits per heavy atom. The van der Waals surface area contributed by atoms with Gasteiger partial charge in [0, 0.05) is 0 Å². The average molecular weight is 415 g/mol. The Kier molecular flexibility index (Phi) is 6.92. The van der Waals surface area contributed by atoms with Crippen molar-refractivity contribution in [1.29, 1.82) is 0 Å². The summed E-state index contributed by atoms with van der Waals surface area (Å²) in [6, 6.07) is 26.8. The molecule has 0 aliphatic heterocycles. The molecule has 0 saturated carbocycles. The lowest BCUT2D eigenvalue weighted by Gasteiger charge is -2.22. The van der Waals surface area contributed by atoms with E-state index in [-0.39, 0.29) is 23.0 Å². The fourth-order valence-electron chi connectivity index (χ4n) is 2.78. The number of esters is 1. The first-order valence-corrected chi connectivity index (χ1v) is 9.14. The molecule has 0 heterocycles. The molecular weight excluding hydrogens is 395 g/mol. The molecular formula is C21H20BrO2P. The number of halogens is 1. The van der Waals surface area contributed by atoms with Crippen molar-refractivity contribution < 1.29 is 9.53 Å². The summed E-state index contributed by atoms with van der Waals surface area (Å²) in [6.45, 7) is 2.00. The second-order valence-corrected chi connectivity index (χ2v) is 7.63. The lowest BCUT2D eigenvalue weighted by atomic mass is 10.1. The average Bonchev–Trinajstić information content (AvgIpc) is 2.64. The number of carbonyl (C=O) groups is 1. The Hall–Kier alpha value is -1.96. The summed E-state index contributed by atoms with van der Waals surface area (Å²) in [5, 5.41) is 3.72. The van der Waals surface area contributed by atoms with Gasteiger partial charge in [0.25, 0.3) is 0 Å². The Labute approximate surface area is 160 Å². The molecule has 3 aromatic carbocycles. The lowest BCUT2D eigenvalue weighted by Crippen LogP contribution is -2.24. The first-order valence-electron chi connectivity index (χ1n) is 7.80. The third-order valence-electron chi connectivity index (χ3n) is 3.98. The van der Waals surface area contributed by atoms with Crippen molar-refractivity contribution in [3.05, 3.63) is 90.0 Å². The molecule has 0 aliphatic carbocycles. The van der Waals surface area contributed by atoms with Gasteiger partial charge in [0.1, 0.15) is 0 Å². The first kappa shape index (κ1) is 19.4. The van der Waals surface area contributed by atoms with Crippen molar-refractivity contribution in [2.75, 3.05) is 7.11 Å². The zero-order valence-electron chi connectivity index (χ0n) is 14.2. The topological polar surface area (TPSA) is 26.3 Å². The van der Waals surface area contributed by atoms with Gasteiger partial charge in [-0.15, -0.1) is 17.0 Å². The number of carbonyl (C=O) groups excluding carboxylic acids is 1. The highest BCUT2D eigenvalue weighted by molar-refractivity contribution is 8.93. The van der Waals surface area contributed by atoms with Gasteiger partial charge < -0.3 is 4.74 Å². The van der Waals surface area contributed by atoms with Gasteiger partial charge in [-0.1, -0.05) is 72.8 Å². The molecule has 0 spiro atoms. The molecule has 2 nitrogen and oxygen atoms in total. The second-order valence-electron chi connectivity index (χ2n) is 5.45. The van der Waals surface area contributed by atoms with Crippen LogP contribution in [0.1, 0.15) is 15.9 Å². The van der Waals surface area contributed by atoms with Gasteiger partial charge >= 0.3 is 5.97 Å². The van der Waals surface area contributed by atoms with Crippen molar-refractivity contribution in [1.82, 2.24) is 0 Å². The summed E-state index contributed by atoms with van der Waals surface area (Å²) in [4.78, 5) is 12.1. The molecule has 0 fully saturated rings. The third-order valence-corrected chi connectivity index (χ3v) is 6.58. The monoisotopic (exact) mass is 414 g/mol. The number of hydrogen-bond acceptors (Lipinski definition) is 2. The largest absolute Gasteiger partial charge is 0.465 e. The van der Waals surface area contributed by atoms with Crippen molar-refractivity contribution in [3.63, 3.8) is 0 Å². The highest BCUT2D eigenvalue weighted by atomic mass is 79.9. The predicted molar refractivity (Wildman–Crippen MR) is 112 cm³/mol. The van der Waals surface area contributed by atoms with Crippen molar-refractivity contribution >= 4 is 46.8 Å². The van der Waals surface area contributed by atoms with E-state index in [1.165, 1.54) is 23.0 Å². The number of benzene rings is 3. The number of rotatable bonds is 4. The number of hydrogen-bond donors (Lipinski definition) is 0. The predicted octanol–water partition coefficient (Wildman–Crippen LogP) is 4.12. The third kappa shape index (κ3) is 4.18. The smallest absolute Gasteiger partial charge is 0.338 e. The van der Waals surface area contributed by atoms with E-state index in [9.17, 15) is 4.79 Å². The second kappa shape index (κ2) is 8.94. The minimum Gasteiger partial charge on any atom is -0.465 e. The maximum Gasteiger partial charge on any atom is 0.338 e. The van der Waals surface area contributed by atoms with Crippen LogP contribution in [0.2, 0.25) is 0 Å². The van der Waals surface area contributed by atoms with Crippen molar-refractivity contribution in [3.8, 4) is 0 Å². The van der Waals surface area contributed by atoms with Crippen LogP contribution in [0.15, 0.2) is 78.9 Å². The summed E-state index contributed by atoms with van der Waals surface area (Å²) in [7, 11) is 0.702. The highest BCUT2D eigenvalue weighted by Crippen LogP contribution is 2.34. The van der Waals surface area contributed by atoms with E-state index in [2.05, 4.69) is 54.6 Å². The standard InChI is InChI=1S/C21H19O2P.BrH/c1-16-19(21(22)23-2)14-9-15-20(16)24(17-10-5-3-6-11-17)18-12-7-4-8-13-18;/h3-15H,1-2H3;1H. The Bertz CT molecular complexity index is 796. The molecule has 0 unspecified atom stereocenters. The summed E-state index contributed by atoms with van der Waals surface area (Å²) < 4.78 is 4.93. The fourth-order valence-corrected chi connectivity index (χ4v) is 5.26. The van der Waals surface area contributed by atoms with E-state index in [4.69, 9.17) is 4.74 Å². The van der Waals surface area contributed by atoms with Crippen molar-refractivity contribution in [2.45, 2.75) is 6.92 Å². The maximum absolute atomic E-state index is 12.1. The van der Waals surface area contributed by atoms with Crippen LogP contribution < -0.4 is 15.9 Å². The normalized spacial score (nSPS) is 10.2. The van der Waals surface area contributed by atoms with E-state index in [0.717, 1.165) is 5.56 Å². The molecule has 0 atom stereocenters. The molecule has 128 valence electrons. The van der Waals surface area contributed by atoms with Gasteiger partial charge in [0.05, 0.1) is 12.7 Å². The van der Waals surface area contributed by atoms with Crippen LogP contribution >= 0.6 is 24.9 Å². The van der Waals surface area contributed by atoms with Crippen LogP contribution in [0.5, 0.6) is 0 Å². The van der Waals surface area contributed by atoms with E-state index >= 15 is 0 Å². The molecule has 0 N–H and O–H groups in total. The highest BCUT2D eigenvalue weighted by Gasteiger charge is 2.21. The van der Waals surface area contributed by atoms with E-state index in [1.54, 1.807) is 0 Å². The minimum atomic E-state index is -0.721. The Morgan fingerprint density at radius 3 is 1.80 bits per heavy atom. The molecule has 4 heteroatoms. The fraction of sp³-hybridized carbons (Fsp3) is 0.0952. The quantitative estimate of drug-likeness (QED) is 0.474. The van der Waals surface area contributed by atoms with Gasteiger partial charge in [-0.2, -0.15) is 0 Å². The molecule has 0 aromatic heterocycles. The van der Waals surface area contributed by atoms with Gasteiger partial charge in [0.2, 0.25) is 0 Å². The van der Waals surface area contributed by atoms with E-state index < -0.39 is 7.92 Å². The first-order chi connectivity index (χ1) is 11.7. The van der Waals surface area contributed by atoms with E-state index in [1.807, 2.05) is 31.2 Å². The number of methoxy groups -OCH3 is 1. The molecule has 25 heavy (non-hydrogen) atoms. The van der Waals surface area contributed by atoms with Gasteiger partial charge in [-0.05, 0) is 42.4 Å². The van der Waals surface area contributed by atoms with Crippen LogP contribution in [0.4, 0.5) is 0 Å². The summed E-state index contributed by atoms with van der Waals surface area (Å²) in [6.07, 6.45) is 0. The molecule has 0 aliphatic rings. The molecule has 3 rings (SSSR count). The van der Waals surface area contributed by atoms with Crippen LogP contribution in [-0.4, -0.2) is 13.1 Å². The summed E-state index contributed by atoms with van der Waals surface area (Å²) in [5.74, 6) is -0.287. The lowest BCUT2D eigenvalue weighted by molar-refractivity contribution is 0.0600. The minimum absolute atomic E-state index is 0. The molecule has 3 aromatic rings. The summed E-state index contributed by atoms with van der Waals surface area (Å²) in [5.41, 5.74) is 1.62. The number of ether oxygens (including phenoxy) is 1. The molecule has 0 bridgehead atoms. The molecule has 0 saturated heterocycles. The van der Waals surface area contributed by atoms with Crippen LogP contribution in [0.25, 0.3) is 0 Å².